The van der Waals surface area contributed by atoms with Crippen LogP contribution in [0.15, 0.2) is 24.3 Å². The zero-order valence-corrected chi connectivity index (χ0v) is 11.8. The van der Waals surface area contributed by atoms with Gasteiger partial charge in [0, 0.05) is 25.6 Å². The Balaban J connectivity index is 1.47. The molecular formula is C16H23N3O. The van der Waals surface area contributed by atoms with Crippen molar-refractivity contribution in [2.45, 2.75) is 38.1 Å². The highest BCUT2D eigenvalue weighted by atomic mass is 16.1. The number of carbonyl (C=O) groups is 1. The zero-order chi connectivity index (χ0) is 13.9. The van der Waals surface area contributed by atoms with E-state index in [1.165, 1.54) is 32.2 Å². The van der Waals surface area contributed by atoms with Gasteiger partial charge >= 0.3 is 0 Å². The normalized spacial score (nSPS) is 18.2. The summed E-state index contributed by atoms with van der Waals surface area (Å²) in [4.78, 5) is 14.5. The van der Waals surface area contributed by atoms with E-state index in [4.69, 9.17) is 5.73 Å². The number of benzene rings is 1. The molecule has 0 unspecified atom stereocenters. The van der Waals surface area contributed by atoms with Crippen LogP contribution in [-0.2, 0) is 4.79 Å². The van der Waals surface area contributed by atoms with Crippen molar-refractivity contribution in [2.24, 2.45) is 5.92 Å². The minimum atomic E-state index is 0.0596. The molecule has 20 heavy (non-hydrogen) atoms. The van der Waals surface area contributed by atoms with Crippen molar-refractivity contribution in [3.05, 3.63) is 24.3 Å². The fourth-order valence-corrected chi connectivity index (χ4v) is 2.56. The van der Waals surface area contributed by atoms with Crippen molar-refractivity contribution in [1.82, 2.24) is 4.90 Å². The largest absolute Gasteiger partial charge is 0.397 e. The Bertz CT molecular complexity index is 480. The van der Waals surface area contributed by atoms with E-state index >= 15 is 0 Å². The number of anilines is 2. The first kappa shape index (κ1) is 13.4. The van der Waals surface area contributed by atoms with Crippen molar-refractivity contribution in [3.8, 4) is 0 Å². The molecule has 1 aromatic rings. The molecule has 0 atom stereocenters. The summed E-state index contributed by atoms with van der Waals surface area (Å²) >= 11 is 0. The van der Waals surface area contributed by atoms with Crippen LogP contribution in [0, 0.1) is 5.92 Å². The van der Waals surface area contributed by atoms with Crippen LogP contribution < -0.4 is 11.1 Å². The van der Waals surface area contributed by atoms with Gasteiger partial charge in [-0.05, 0) is 43.7 Å². The summed E-state index contributed by atoms with van der Waals surface area (Å²) in [5, 5.41) is 2.90. The van der Waals surface area contributed by atoms with Gasteiger partial charge in [-0.2, -0.15) is 0 Å². The average Bonchev–Trinajstić information content (AvgIpc) is 3.29. The first-order valence-electron chi connectivity index (χ1n) is 7.61. The Kier molecular flexibility index (Phi) is 3.92. The number of hydrogen-bond acceptors (Lipinski definition) is 3. The molecule has 3 N–H and O–H groups in total. The first-order chi connectivity index (χ1) is 9.72. The Labute approximate surface area is 120 Å². The molecule has 0 radical (unpaired) electrons. The van der Waals surface area contributed by atoms with Gasteiger partial charge in [-0.1, -0.05) is 12.1 Å². The van der Waals surface area contributed by atoms with E-state index in [0.717, 1.165) is 24.2 Å². The third-order valence-corrected chi connectivity index (χ3v) is 4.11. The molecule has 0 saturated heterocycles. The lowest BCUT2D eigenvalue weighted by molar-refractivity contribution is -0.116. The molecule has 2 aliphatic carbocycles. The predicted octanol–water partition coefficient (Wildman–Crippen LogP) is 2.47. The molecule has 3 rings (SSSR count). The third-order valence-electron chi connectivity index (χ3n) is 4.11. The maximum Gasteiger partial charge on any atom is 0.225 e. The molecule has 4 heteroatoms. The summed E-state index contributed by atoms with van der Waals surface area (Å²) in [6.07, 6.45) is 5.91. The summed E-state index contributed by atoms with van der Waals surface area (Å²) in [5.41, 5.74) is 7.18. The second-order valence-electron chi connectivity index (χ2n) is 6.05. The molecule has 1 amide bonds. The lowest BCUT2D eigenvalue weighted by atomic mass is 10.2. The number of rotatable bonds is 7. The number of hydrogen-bond donors (Lipinski definition) is 2. The van der Waals surface area contributed by atoms with Crippen molar-refractivity contribution in [3.63, 3.8) is 0 Å². The highest BCUT2D eigenvalue weighted by Crippen LogP contribution is 2.34. The second-order valence-corrected chi connectivity index (χ2v) is 6.05. The Morgan fingerprint density at radius 2 is 2.00 bits per heavy atom. The molecular weight excluding hydrogens is 250 g/mol. The Morgan fingerprint density at radius 1 is 1.25 bits per heavy atom. The zero-order valence-electron chi connectivity index (χ0n) is 11.8. The molecule has 0 aliphatic heterocycles. The summed E-state index contributed by atoms with van der Waals surface area (Å²) in [6, 6.07) is 8.14. The van der Waals surface area contributed by atoms with Crippen LogP contribution in [0.3, 0.4) is 0 Å². The van der Waals surface area contributed by atoms with E-state index in [-0.39, 0.29) is 5.91 Å². The van der Waals surface area contributed by atoms with E-state index in [2.05, 4.69) is 10.2 Å². The van der Waals surface area contributed by atoms with E-state index in [0.29, 0.717) is 12.1 Å². The van der Waals surface area contributed by atoms with Crippen molar-refractivity contribution in [2.75, 3.05) is 24.1 Å². The molecule has 2 saturated carbocycles. The predicted molar refractivity (Wildman–Crippen MR) is 81.4 cm³/mol. The van der Waals surface area contributed by atoms with Crippen LogP contribution in [0.4, 0.5) is 11.4 Å². The number of nitrogens with zero attached hydrogens (tertiary/aromatic N) is 1. The number of nitrogen functional groups attached to an aromatic ring is 1. The fourth-order valence-electron chi connectivity index (χ4n) is 2.56. The molecule has 0 bridgehead atoms. The first-order valence-corrected chi connectivity index (χ1v) is 7.61. The summed E-state index contributed by atoms with van der Waals surface area (Å²) in [5.74, 6) is 0.952. The molecule has 108 valence electrons. The average molecular weight is 273 g/mol. The highest BCUT2D eigenvalue weighted by molar-refractivity contribution is 5.93. The molecule has 0 heterocycles. The molecule has 4 nitrogen and oxygen atoms in total. The van der Waals surface area contributed by atoms with Crippen LogP contribution in [0.25, 0.3) is 0 Å². The van der Waals surface area contributed by atoms with E-state index in [9.17, 15) is 4.79 Å². The van der Waals surface area contributed by atoms with Gasteiger partial charge in [0.15, 0.2) is 0 Å². The summed E-state index contributed by atoms with van der Waals surface area (Å²) < 4.78 is 0. The Morgan fingerprint density at radius 3 is 2.65 bits per heavy atom. The van der Waals surface area contributed by atoms with Crippen LogP contribution in [0.5, 0.6) is 0 Å². The summed E-state index contributed by atoms with van der Waals surface area (Å²) in [6.45, 7) is 2.06. The molecule has 0 spiro atoms. The Hall–Kier alpha value is -1.55. The molecule has 2 aliphatic rings. The van der Waals surface area contributed by atoms with E-state index < -0.39 is 0 Å². The van der Waals surface area contributed by atoms with Crippen LogP contribution in [-0.4, -0.2) is 29.9 Å². The SMILES string of the molecule is Nc1ccccc1NC(=O)CCN(CC1CC1)C1CC1. The standard InChI is InChI=1S/C16H23N3O/c17-14-3-1-2-4-15(14)18-16(20)9-10-19(13-7-8-13)11-12-5-6-12/h1-4,12-13H,5-11,17H2,(H,18,20). The topological polar surface area (TPSA) is 58.4 Å². The number of nitrogens with one attached hydrogen (secondary N) is 1. The molecule has 1 aromatic carbocycles. The van der Waals surface area contributed by atoms with Gasteiger partial charge in [-0.3, -0.25) is 9.69 Å². The van der Waals surface area contributed by atoms with Gasteiger partial charge in [-0.25, -0.2) is 0 Å². The number of nitrogens with two attached hydrogens (primary N) is 1. The number of carbonyl (C=O) groups excluding carboxylic acids is 1. The van der Waals surface area contributed by atoms with Crippen molar-refractivity contribution < 1.29 is 4.79 Å². The maximum absolute atomic E-state index is 12.0. The van der Waals surface area contributed by atoms with Gasteiger partial charge < -0.3 is 11.1 Å². The number of para-hydroxylation sites is 2. The summed E-state index contributed by atoms with van der Waals surface area (Å²) in [7, 11) is 0. The maximum atomic E-state index is 12.0. The van der Waals surface area contributed by atoms with E-state index in [1.54, 1.807) is 6.07 Å². The minimum Gasteiger partial charge on any atom is -0.397 e. The smallest absolute Gasteiger partial charge is 0.225 e. The van der Waals surface area contributed by atoms with Crippen LogP contribution >= 0.6 is 0 Å². The van der Waals surface area contributed by atoms with Crippen LogP contribution in [0.2, 0.25) is 0 Å². The highest BCUT2D eigenvalue weighted by Gasteiger charge is 2.33. The van der Waals surface area contributed by atoms with Gasteiger partial charge in [0.1, 0.15) is 0 Å². The van der Waals surface area contributed by atoms with Gasteiger partial charge in [0.05, 0.1) is 11.4 Å². The van der Waals surface area contributed by atoms with Crippen molar-refractivity contribution in [1.29, 1.82) is 0 Å². The monoisotopic (exact) mass is 273 g/mol. The molecule has 2 fully saturated rings. The number of amides is 1. The lowest BCUT2D eigenvalue weighted by Crippen LogP contribution is -2.31. The molecule has 0 aromatic heterocycles. The minimum absolute atomic E-state index is 0.0596. The van der Waals surface area contributed by atoms with Gasteiger partial charge in [0.2, 0.25) is 5.91 Å². The fraction of sp³-hybridized carbons (Fsp3) is 0.562. The lowest BCUT2D eigenvalue weighted by Gasteiger charge is -2.21. The van der Waals surface area contributed by atoms with Gasteiger partial charge in [-0.15, -0.1) is 0 Å². The van der Waals surface area contributed by atoms with Crippen LogP contribution in [0.1, 0.15) is 32.1 Å². The van der Waals surface area contributed by atoms with E-state index in [1.807, 2.05) is 18.2 Å². The van der Waals surface area contributed by atoms with Gasteiger partial charge in [0.25, 0.3) is 0 Å². The second kappa shape index (κ2) is 5.83. The van der Waals surface area contributed by atoms with Crippen molar-refractivity contribution >= 4 is 17.3 Å². The quantitative estimate of drug-likeness (QED) is 0.750. The third kappa shape index (κ3) is 3.73.